The maximum atomic E-state index is 12.9. The Labute approximate surface area is 214 Å². The summed E-state index contributed by atoms with van der Waals surface area (Å²) in [6.45, 7) is 2.31. The summed E-state index contributed by atoms with van der Waals surface area (Å²) in [6, 6.07) is 12.7. The molecule has 5 rings (SSSR count). The topological polar surface area (TPSA) is 82.5 Å². The van der Waals surface area contributed by atoms with Crippen molar-refractivity contribution < 1.29 is 14.7 Å². The van der Waals surface area contributed by atoms with E-state index in [9.17, 15) is 14.7 Å². The largest absolute Gasteiger partial charge is 0.481 e. The number of aryl methyl sites for hydroxylation is 3. The highest BCUT2D eigenvalue weighted by atomic mass is 16.4. The van der Waals surface area contributed by atoms with E-state index < -0.39 is 5.97 Å². The van der Waals surface area contributed by atoms with E-state index in [1.165, 1.54) is 35.3 Å². The van der Waals surface area contributed by atoms with Gasteiger partial charge in [0.25, 0.3) is 0 Å². The normalized spacial score (nSPS) is 20.7. The molecule has 1 aromatic carbocycles. The molecule has 0 spiro atoms. The van der Waals surface area contributed by atoms with Gasteiger partial charge in [-0.05, 0) is 98.8 Å². The van der Waals surface area contributed by atoms with Crippen LogP contribution >= 0.6 is 0 Å². The van der Waals surface area contributed by atoms with Crippen molar-refractivity contribution in [3.05, 3.63) is 58.9 Å². The van der Waals surface area contributed by atoms with E-state index in [4.69, 9.17) is 4.98 Å². The predicted octanol–water partition coefficient (Wildman–Crippen LogP) is 4.90. The smallest absolute Gasteiger partial charge is 0.303 e. The molecule has 0 bridgehead atoms. The molecule has 1 saturated heterocycles. The number of nitrogens with one attached hydrogen (secondary N) is 1. The second kappa shape index (κ2) is 11.4. The van der Waals surface area contributed by atoms with Crippen molar-refractivity contribution >= 4 is 17.6 Å². The lowest BCUT2D eigenvalue weighted by molar-refractivity contribution is -0.140. The number of carboxylic acid groups (broad SMARTS) is 1. The van der Waals surface area contributed by atoms with E-state index in [2.05, 4.69) is 35.6 Å². The predicted molar refractivity (Wildman–Crippen MR) is 141 cm³/mol. The average Bonchev–Trinajstić information content (AvgIpc) is 2.91. The Morgan fingerprint density at radius 1 is 1.03 bits per heavy atom. The van der Waals surface area contributed by atoms with Crippen molar-refractivity contribution in [2.45, 2.75) is 70.6 Å². The molecule has 1 aromatic heterocycles. The summed E-state index contributed by atoms with van der Waals surface area (Å²) in [5.74, 6) is 0.313. The van der Waals surface area contributed by atoms with Crippen LogP contribution in [0.4, 0.5) is 5.69 Å². The Balaban J connectivity index is 1.11. The number of hydrogen-bond acceptors (Lipinski definition) is 4. The number of pyridine rings is 1. The van der Waals surface area contributed by atoms with E-state index in [0.29, 0.717) is 18.3 Å². The molecule has 2 aliphatic heterocycles. The minimum Gasteiger partial charge on any atom is -0.481 e. The molecule has 0 radical (unpaired) electrons. The number of nitrogens with zero attached hydrogens (tertiary/aromatic N) is 2. The number of para-hydroxylation sites is 1. The second-order valence-electron chi connectivity index (χ2n) is 11.0. The van der Waals surface area contributed by atoms with Gasteiger partial charge in [-0.3, -0.25) is 14.6 Å². The molecule has 1 amide bonds. The number of carbonyl (C=O) groups is 2. The second-order valence-corrected chi connectivity index (χ2v) is 11.0. The lowest BCUT2D eigenvalue weighted by atomic mass is 9.72. The summed E-state index contributed by atoms with van der Waals surface area (Å²) in [7, 11) is 0. The molecule has 192 valence electrons. The Bertz CT molecular complexity index is 1080. The number of fused-ring (bicyclic) bond motifs is 2. The minimum atomic E-state index is -0.715. The molecular formula is C30H39N3O3. The molecule has 36 heavy (non-hydrogen) atoms. The Morgan fingerprint density at radius 2 is 1.83 bits per heavy atom. The van der Waals surface area contributed by atoms with Gasteiger partial charge in [0.15, 0.2) is 0 Å². The number of likely N-dealkylation sites (tertiary alicyclic amines) is 1. The molecule has 6 nitrogen and oxygen atoms in total. The van der Waals surface area contributed by atoms with Gasteiger partial charge in [0.05, 0.1) is 0 Å². The van der Waals surface area contributed by atoms with Gasteiger partial charge in [0.2, 0.25) is 5.91 Å². The van der Waals surface area contributed by atoms with Gasteiger partial charge in [-0.15, -0.1) is 0 Å². The summed E-state index contributed by atoms with van der Waals surface area (Å²) in [4.78, 5) is 31.5. The van der Waals surface area contributed by atoms with Crippen molar-refractivity contribution in [2.75, 3.05) is 25.0 Å². The fraction of sp³-hybridized carbons (Fsp3) is 0.567. The SMILES string of the molecule is O=C(O)CC(C1CCN(C(=O)CCCc2ccc3c(n2)CCCC3)CC1)C1CNc2ccccc2C1. The molecule has 1 fully saturated rings. The van der Waals surface area contributed by atoms with Crippen LogP contribution in [0.3, 0.4) is 0 Å². The monoisotopic (exact) mass is 489 g/mol. The summed E-state index contributed by atoms with van der Waals surface area (Å²) < 4.78 is 0. The van der Waals surface area contributed by atoms with Crippen molar-refractivity contribution in [1.29, 1.82) is 0 Å². The number of amides is 1. The van der Waals surface area contributed by atoms with Crippen LogP contribution in [0.1, 0.15) is 67.5 Å². The molecule has 2 unspecified atom stereocenters. The Kier molecular flexibility index (Phi) is 7.88. The van der Waals surface area contributed by atoms with Crippen molar-refractivity contribution in [3.63, 3.8) is 0 Å². The van der Waals surface area contributed by atoms with E-state index >= 15 is 0 Å². The van der Waals surface area contributed by atoms with E-state index in [0.717, 1.165) is 70.3 Å². The van der Waals surface area contributed by atoms with Gasteiger partial charge in [0, 0.05) is 49.6 Å². The van der Waals surface area contributed by atoms with Gasteiger partial charge >= 0.3 is 5.97 Å². The number of carbonyl (C=O) groups excluding carboxylic acids is 1. The van der Waals surface area contributed by atoms with E-state index in [1.807, 2.05) is 11.0 Å². The average molecular weight is 490 g/mol. The molecule has 1 aliphatic carbocycles. The number of aromatic nitrogens is 1. The zero-order chi connectivity index (χ0) is 24.9. The molecule has 3 heterocycles. The van der Waals surface area contributed by atoms with Crippen LogP contribution in [0, 0.1) is 17.8 Å². The Hall–Kier alpha value is -2.89. The Morgan fingerprint density at radius 3 is 2.67 bits per heavy atom. The van der Waals surface area contributed by atoms with Gasteiger partial charge in [-0.25, -0.2) is 0 Å². The van der Waals surface area contributed by atoms with Crippen LogP contribution < -0.4 is 5.32 Å². The van der Waals surface area contributed by atoms with Crippen molar-refractivity contribution in [3.8, 4) is 0 Å². The van der Waals surface area contributed by atoms with Gasteiger partial charge in [-0.1, -0.05) is 24.3 Å². The third-order valence-corrected chi connectivity index (χ3v) is 8.63. The molecular weight excluding hydrogens is 450 g/mol. The number of anilines is 1. The van der Waals surface area contributed by atoms with Crippen LogP contribution in [-0.4, -0.2) is 46.5 Å². The molecule has 6 heteroatoms. The third-order valence-electron chi connectivity index (χ3n) is 8.63. The van der Waals surface area contributed by atoms with Crippen molar-refractivity contribution in [1.82, 2.24) is 9.88 Å². The zero-order valence-corrected chi connectivity index (χ0v) is 21.3. The molecule has 2 N–H and O–H groups in total. The molecule has 3 aliphatic rings. The first kappa shape index (κ1) is 24.8. The number of piperidine rings is 1. The lowest BCUT2D eigenvalue weighted by Gasteiger charge is -2.40. The summed E-state index contributed by atoms with van der Waals surface area (Å²) in [5, 5.41) is 13.2. The molecule has 0 saturated carbocycles. The summed E-state index contributed by atoms with van der Waals surface area (Å²) in [5.41, 5.74) is 6.23. The summed E-state index contributed by atoms with van der Waals surface area (Å²) >= 11 is 0. The third kappa shape index (κ3) is 5.91. The first-order valence-corrected chi connectivity index (χ1v) is 13.9. The van der Waals surface area contributed by atoms with Crippen LogP contribution in [0.25, 0.3) is 0 Å². The maximum absolute atomic E-state index is 12.9. The van der Waals surface area contributed by atoms with Crippen LogP contribution in [0.5, 0.6) is 0 Å². The fourth-order valence-electron chi connectivity index (χ4n) is 6.61. The standard InChI is InChI=1S/C30H39N3O3/c34-29(11-5-8-25-13-12-22-6-1-4-10-28(22)32-25)33-16-14-21(15-17-33)26(19-30(35)36)24-18-23-7-2-3-9-27(23)31-20-24/h2-3,7,9,12-13,21,24,26,31H,1,4-6,8,10-11,14-20H2,(H,35,36). The molecule has 2 atom stereocenters. The maximum Gasteiger partial charge on any atom is 0.303 e. The van der Waals surface area contributed by atoms with Gasteiger partial charge in [0.1, 0.15) is 0 Å². The highest BCUT2D eigenvalue weighted by molar-refractivity contribution is 5.76. The summed E-state index contributed by atoms with van der Waals surface area (Å²) in [6.07, 6.45) is 9.91. The quantitative estimate of drug-likeness (QED) is 0.551. The fourth-order valence-corrected chi connectivity index (χ4v) is 6.61. The first-order chi connectivity index (χ1) is 17.6. The number of hydrogen-bond donors (Lipinski definition) is 2. The highest BCUT2D eigenvalue weighted by Gasteiger charge is 2.36. The number of aliphatic carboxylic acids is 1. The minimum absolute atomic E-state index is 0.135. The number of carboxylic acids is 1. The van der Waals surface area contributed by atoms with Crippen LogP contribution in [0.15, 0.2) is 36.4 Å². The molecule has 2 aromatic rings. The highest BCUT2D eigenvalue weighted by Crippen LogP contribution is 2.38. The zero-order valence-electron chi connectivity index (χ0n) is 21.3. The van der Waals surface area contributed by atoms with Crippen molar-refractivity contribution in [2.24, 2.45) is 17.8 Å². The number of benzene rings is 1. The van der Waals surface area contributed by atoms with Crippen LogP contribution in [0.2, 0.25) is 0 Å². The number of rotatable bonds is 8. The van der Waals surface area contributed by atoms with Gasteiger partial charge < -0.3 is 15.3 Å². The van der Waals surface area contributed by atoms with Gasteiger partial charge in [-0.2, -0.15) is 0 Å². The van der Waals surface area contributed by atoms with E-state index in [1.54, 1.807) is 0 Å². The first-order valence-electron chi connectivity index (χ1n) is 13.9. The van der Waals surface area contributed by atoms with E-state index in [-0.39, 0.29) is 18.2 Å². The van der Waals surface area contributed by atoms with Crippen LogP contribution in [-0.2, 0) is 35.3 Å². The lowest BCUT2D eigenvalue weighted by Crippen LogP contribution is -2.43.